The van der Waals surface area contributed by atoms with Crippen molar-refractivity contribution in [2.45, 2.75) is 64.6 Å². The van der Waals surface area contributed by atoms with E-state index in [2.05, 4.69) is 13.0 Å². The summed E-state index contributed by atoms with van der Waals surface area (Å²) in [5.74, 6) is 0.573. The van der Waals surface area contributed by atoms with Gasteiger partial charge in [0.05, 0.1) is 11.2 Å². The van der Waals surface area contributed by atoms with Crippen LogP contribution in [0, 0.1) is 17.3 Å². The third-order valence-electron chi connectivity index (χ3n) is 5.17. The highest BCUT2D eigenvalue weighted by molar-refractivity contribution is 5.15. The molecule has 1 saturated carbocycles. The Labute approximate surface area is 105 Å². The molecule has 98 valence electrons. The molecule has 2 nitrogen and oxygen atoms in total. The molecule has 0 heterocycles. The highest BCUT2D eigenvalue weighted by Crippen LogP contribution is 2.54. The maximum absolute atomic E-state index is 10.5. The zero-order valence-corrected chi connectivity index (χ0v) is 11.5. The van der Waals surface area contributed by atoms with Crippen LogP contribution >= 0.6 is 0 Å². The van der Waals surface area contributed by atoms with E-state index in [0.717, 1.165) is 25.7 Å². The third kappa shape index (κ3) is 2.30. The third-order valence-corrected chi connectivity index (χ3v) is 5.17. The Morgan fingerprint density at radius 3 is 2.53 bits per heavy atom. The predicted octanol–water partition coefficient (Wildman–Crippen LogP) is 2.89. The lowest BCUT2D eigenvalue weighted by Crippen LogP contribution is -2.51. The van der Waals surface area contributed by atoms with Crippen molar-refractivity contribution >= 4 is 0 Å². The zero-order valence-electron chi connectivity index (χ0n) is 11.5. The number of allylic oxidation sites excluding steroid dienone is 1. The Morgan fingerprint density at radius 1 is 1.29 bits per heavy atom. The second kappa shape index (κ2) is 3.83. The smallest absolute Gasteiger partial charge is 0.0833 e. The average molecular weight is 238 g/mol. The van der Waals surface area contributed by atoms with E-state index in [4.69, 9.17) is 0 Å². The molecule has 2 aliphatic rings. The summed E-state index contributed by atoms with van der Waals surface area (Å²) in [6.07, 6.45) is 8.24. The number of rotatable bonds is 1. The molecule has 0 aromatic rings. The molecule has 0 bridgehead atoms. The van der Waals surface area contributed by atoms with Gasteiger partial charge in [0.15, 0.2) is 0 Å². The second-order valence-electron chi connectivity index (χ2n) is 7.16. The van der Waals surface area contributed by atoms with Gasteiger partial charge in [-0.2, -0.15) is 0 Å². The molecule has 0 amide bonds. The van der Waals surface area contributed by atoms with Gasteiger partial charge in [0, 0.05) is 0 Å². The molecule has 0 saturated heterocycles. The van der Waals surface area contributed by atoms with E-state index in [1.807, 2.05) is 26.8 Å². The minimum absolute atomic E-state index is 0.208. The summed E-state index contributed by atoms with van der Waals surface area (Å²) in [6, 6.07) is 0. The highest BCUT2D eigenvalue weighted by Gasteiger charge is 2.50. The molecule has 4 atom stereocenters. The van der Waals surface area contributed by atoms with Crippen LogP contribution in [0.25, 0.3) is 0 Å². The zero-order chi connectivity index (χ0) is 12.9. The van der Waals surface area contributed by atoms with Gasteiger partial charge in [-0.1, -0.05) is 19.1 Å². The molecule has 2 aliphatic carbocycles. The van der Waals surface area contributed by atoms with Crippen molar-refractivity contribution in [3.63, 3.8) is 0 Å². The molecular weight excluding hydrogens is 212 g/mol. The van der Waals surface area contributed by atoms with Gasteiger partial charge >= 0.3 is 0 Å². The van der Waals surface area contributed by atoms with E-state index < -0.39 is 11.2 Å². The predicted molar refractivity (Wildman–Crippen MR) is 69.6 cm³/mol. The molecule has 0 unspecified atom stereocenters. The lowest BCUT2D eigenvalue weighted by molar-refractivity contribution is -0.102. The molecule has 2 heteroatoms. The van der Waals surface area contributed by atoms with E-state index in [0.29, 0.717) is 5.92 Å². The van der Waals surface area contributed by atoms with Crippen LogP contribution in [0.5, 0.6) is 0 Å². The van der Waals surface area contributed by atoms with Gasteiger partial charge in [-0.25, -0.2) is 0 Å². The summed E-state index contributed by atoms with van der Waals surface area (Å²) in [6.45, 7) is 8.00. The van der Waals surface area contributed by atoms with Crippen molar-refractivity contribution in [2.75, 3.05) is 0 Å². The Morgan fingerprint density at radius 2 is 1.94 bits per heavy atom. The van der Waals surface area contributed by atoms with Gasteiger partial charge in [-0.15, -0.1) is 0 Å². The summed E-state index contributed by atoms with van der Waals surface area (Å²) in [4.78, 5) is 0. The maximum Gasteiger partial charge on any atom is 0.0833 e. The van der Waals surface area contributed by atoms with Gasteiger partial charge in [-0.3, -0.25) is 0 Å². The first-order chi connectivity index (χ1) is 7.65. The summed E-state index contributed by atoms with van der Waals surface area (Å²) in [5.41, 5.74) is -1.13. The van der Waals surface area contributed by atoms with Crippen molar-refractivity contribution in [1.29, 1.82) is 0 Å². The number of hydrogen-bond acceptors (Lipinski definition) is 2. The van der Waals surface area contributed by atoms with Crippen LogP contribution in [0.2, 0.25) is 0 Å². The first-order valence-electron chi connectivity index (χ1n) is 6.78. The summed E-state index contributed by atoms with van der Waals surface area (Å²) in [7, 11) is 0. The summed E-state index contributed by atoms with van der Waals surface area (Å²) < 4.78 is 0. The van der Waals surface area contributed by atoms with E-state index in [-0.39, 0.29) is 11.3 Å². The molecule has 1 fully saturated rings. The van der Waals surface area contributed by atoms with Crippen molar-refractivity contribution in [3.8, 4) is 0 Å². The molecule has 0 aliphatic heterocycles. The van der Waals surface area contributed by atoms with Crippen LogP contribution in [-0.4, -0.2) is 21.4 Å². The van der Waals surface area contributed by atoms with Crippen molar-refractivity contribution in [1.82, 2.24) is 0 Å². The number of aliphatic hydroxyl groups is 2. The Balaban J connectivity index is 2.25. The fourth-order valence-electron chi connectivity index (χ4n) is 3.88. The fraction of sp³-hybridized carbons (Fsp3) is 0.867. The summed E-state index contributed by atoms with van der Waals surface area (Å²) >= 11 is 0. The van der Waals surface area contributed by atoms with Crippen molar-refractivity contribution in [2.24, 2.45) is 17.3 Å². The van der Waals surface area contributed by atoms with Crippen LogP contribution in [0.3, 0.4) is 0 Å². The first-order valence-corrected chi connectivity index (χ1v) is 6.78. The average Bonchev–Trinajstić information content (AvgIpc) is 2.14. The topological polar surface area (TPSA) is 40.5 Å². The molecule has 17 heavy (non-hydrogen) atoms. The SMILES string of the molecule is CC(C)(O)[C@@H]1CC[C@@]2(C)CC=C[C@](C)(O)[C@@H]2C1. The standard InChI is InChI=1S/C15H26O2/c1-13(2,16)11-6-9-14(3)7-5-8-15(4,17)12(14)10-11/h5,8,11-12,16-17H,6-7,9-10H2,1-4H3/t11-,12-,14-,15+/m1/s1. The van der Waals surface area contributed by atoms with E-state index in [1.165, 1.54) is 0 Å². The van der Waals surface area contributed by atoms with E-state index >= 15 is 0 Å². The molecule has 0 spiro atoms. The van der Waals surface area contributed by atoms with Crippen LogP contribution in [0.15, 0.2) is 12.2 Å². The van der Waals surface area contributed by atoms with E-state index in [1.54, 1.807) is 0 Å². The van der Waals surface area contributed by atoms with Gasteiger partial charge in [0.2, 0.25) is 0 Å². The normalized spacial score (nSPS) is 46.7. The maximum atomic E-state index is 10.5. The molecule has 2 rings (SSSR count). The lowest BCUT2D eigenvalue weighted by Gasteiger charge is -2.53. The molecular formula is C15H26O2. The largest absolute Gasteiger partial charge is 0.390 e. The minimum Gasteiger partial charge on any atom is -0.390 e. The van der Waals surface area contributed by atoms with Gasteiger partial charge in [0.25, 0.3) is 0 Å². The number of fused-ring (bicyclic) bond motifs is 1. The monoisotopic (exact) mass is 238 g/mol. The molecule has 0 radical (unpaired) electrons. The Kier molecular flexibility index (Phi) is 2.95. The molecule has 0 aromatic heterocycles. The highest BCUT2D eigenvalue weighted by atomic mass is 16.3. The molecule has 2 N–H and O–H groups in total. The van der Waals surface area contributed by atoms with Gasteiger partial charge < -0.3 is 10.2 Å². The first kappa shape index (κ1) is 13.1. The van der Waals surface area contributed by atoms with Crippen molar-refractivity contribution in [3.05, 3.63) is 12.2 Å². The second-order valence-corrected chi connectivity index (χ2v) is 7.16. The van der Waals surface area contributed by atoms with Crippen LogP contribution in [0.4, 0.5) is 0 Å². The van der Waals surface area contributed by atoms with Crippen LogP contribution < -0.4 is 0 Å². The Bertz CT molecular complexity index is 324. The number of hydrogen-bond donors (Lipinski definition) is 2. The lowest BCUT2D eigenvalue weighted by atomic mass is 9.54. The van der Waals surface area contributed by atoms with Gasteiger partial charge in [-0.05, 0) is 63.7 Å². The Hall–Kier alpha value is -0.340. The van der Waals surface area contributed by atoms with Crippen LogP contribution in [0.1, 0.15) is 53.4 Å². The quantitative estimate of drug-likeness (QED) is 0.690. The fourth-order valence-corrected chi connectivity index (χ4v) is 3.88. The summed E-state index contributed by atoms with van der Waals surface area (Å²) in [5, 5.41) is 20.7. The van der Waals surface area contributed by atoms with Crippen molar-refractivity contribution < 1.29 is 10.2 Å². The van der Waals surface area contributed by atoms with Crippen LogP contribution in [-0.2, 0) is 0 Å². The van der Waals surface area contributed by atoms with Gasteiger partial charge in [0.1, 0.15) is 0 Å². The molecule has 0 aromatic carbocycles. The minimum atomic E-state index is -0.711. The van der Waals surface area contributed by atoms with E-state index in [9.17, 15) is 10.2 Å².